The topological polar surface area (TPSA) is 78.9 Å². The number of halogens is 1. The van der Waals surface area contributed by atoms with Crippen LogP contribution in [0.4, 0.5) is 10.5 Å². The zero-order valence-corrected chi connectivity index (χ0v) is 13.4. The summed E-state index contributed by atoms with van der Waals surface area (Å²) >= 11 is 3.36. The highest BCUT2D eigenvalue weighted by Gasteiger charge is 2.38. The highest BCUT2D eigenvalue weighted by molar-refractivity contribution is 9.10. The minimum Gasteiger partial charge on any atom is -0.481 e. The van der Waals surface area contributed by atoms with E-state index in [2.05, 4.69) is 21.2 Å². The lowest BCUT2D eigenvalue weighted by atomic mass is 10.0. The molecule has 0 bridgehead atoms. The lowest BCUT2D eigenvalue weighted by Gasteiger charge is -2.26. The Bertz CT molecular complexity index is 564. The molecule has 1 aliphatic heterocycles. The smallest absolute Gasteiger partial charge is 0.321 e. The van der Waals surface area contributed by atoms with E-state index in [1.807, 2.05) is 19.1 Å². The number of aliphatic carboxylic acids is 1. The molecule has 1 aromatic rings. The SMILES string of the molecule is Cc1cc(Br)ccc1NC(=O)N(C)C1COCC1C(=O)O. The highest BCUT2D eigenvalue weighted by atomic mass is 79.9. The highest BCUT2D eigenvalue weighted by Crippen LogP contribution is 2.22. The monoisotopic (exact) mass is 356 g/mol. The van der Waals surface area contributed by atoms with E-state index in [0.29, 0.717) is 5.69 Å². The van der Waals surface area contributed by atoms with Crippen LogP contribution in [0.5, 0.6) is 0 Å². The Labute approximate surface area is 131 Å². The minimum atomic E-state index is -0.947. The summed E-state index contributed by atoms with van der Waals surface area (Å²) in [5.74, 6) is -1.64. The van der Waals surface area contributed by atoms with Crippen LogP contribution in [0.1, 0.15) is 5.56 Å². The molecule has 0 spiro atoms. The van der Waals surface area contributed by atoms with E-state index < -0.39 is 17.9 Å². The molecular weight excluding hydrogens is 340 g/mol. The normalized spacial score (nSPS) is 21.1. The summed E-state index contributed by atoms with van der Waals surface area (Å²) in [6, 6.07) is 4.72. The Kier molecular flexibility index (Phi) is 4.84. The van der Waals surface area contributed by atoms with Crippen molar-refractivity contribution in [2.24, 2.45) is 5.92 Å². The molecule has 2 atom stereocenters. The van der Waals surface area contributed by atoms with Crippen LogP contribution in [0.2, 0.25) is 0 Å². The summed E-state index contributed by atoms with van der Waals surface area (Å²) in [6.07, 6.45) is 0. The van der Waals surface area contributed by atoms with Crippen LogP contribution in [0, 0.1) is 12.8 Å². The Hall–Kier alpha value is -1.60. The van der Waals surface area contributed by atoms with Gasteiger partial charge in [-0.25, -0.2) is 4.79 Å². The van der Waals surface area contributed by atoms with E-state index in [0.717, 1.165) is 10.0 Å². The third-order valence-corrected chi connectivity index (χ3v) is 4.11. The fourth-order valence-electron chi connectivity index (χ4n) is 2.28. The number of carboxylic acids is 1. The van der Waals surface area contributed by atoms with E-state index in [9.17, 15) is 9.59 Å². The van der Waals surface area contributed by atoms with Gasteiger partial charge in [0.05, 0.1) is 19.3 Å². The number of likely N-dealkylation sites (N-methyl/N-ethyl adjacent to an activating group) is 1. The van der Waals surface area contributed by atoms with Crippen molar-refractivity contribution in [1.82, 2.24) is 4.90 Å². The number of amides is 2. The average Bonchev–Trinajstić information content (AvgIpc) is 2.90. The maximum Gasteiger partial charge on any atom is 0.321 e. The number of nitrogens with one attached hydrogen (secondary N) is 1. The second-order valence-electron chi connectivity index (χ2n) is 5.05. The van der Waals surface area contributed by atoms with Crippen LogP contribution in [-0.2, 0) is 9.53 Å². The standard InChI is InChI=1S/C14H17BrN2O4/c1-8-5-9(15)3-4-11(8)16-14(20)17(2)12-7-21-6-10(12)13(18)19/h3-5,10,12H,6-7H2,1-2H3,(H,16,20)(H,18,19). The first-order chi connectivity index (χ1) is 9.90. The van der Waals surface area contributed by atoms with E-state index in [1.54, 1.807) is 13.1 Å². The quantitative estimate of drug-likeness (QED) is 0.870. The van der Waals surface area contributed by atoms with Crippen molar-refractivity contribution in [3.8, 4) is 0 Å². The molecule has 6 nitrogen and oxygen atoms in total. The van der Waals surface area contributed by atoms with Gasteiger partial charge in [-0.3, -0.25) is 4.79 Å². The fourth-order valence-corrected chi connectivity index (χ4v) is 2.76. The number of aryl methyl sites for hydroxylation is 1. The number of urea groups is 1. The first kappa shape index (κ1) is 15.8. The van der Waals surface area contributed by atoms with Gasteiger partial charge in [-0.2, -0.15) is 0 Å². The Morgan fingerprint density at radius 3 is 2.76 bits per heavy atom. The van der Waals surface area contributed by atoms with Crippen molar-refractivity contribution < 1.29 is 19.4 Å². The van der Waals surface area contributed by atoms with Crippen LogP contribution in [0.3, 0.4) is 0 Å². The molecule has 0 radical (unpaired) electrons. The average molecular weight is 357 g/mol. The van der Waals surface area contributed by atoms with Gasteiger partial charge in [0, 0.05) is 17.2 Å². The van der Waals surface area contributed by atoms with Crippen molar-refractivity contribution in [3.63, 3.8) is 0 Å². The number of hydrogen-bond donors (Lipinski definition) is 2. The molecule has 1 aliphatic rings. The number of carbonyl (C=O) groups excluding carboxylic acids is 1. The summed E-state index contributed by atoms with van der Waals surface area (Å²) in [6.45, 7) is 2.26. The van der Waals surface area contributed by atoms with Crippen molar-refractivity contribution in [3.05, 3.63) is 28.2 Å². The summed E-state index contributed by atoms with van der Waals surface area (Å²) < 4.78 is 6.12. The fraction of sp³-hybridized carbons (Fsp3) is 0.429. The summed E-state index contributed by atoms with van der Waals surface area (Å²) in [7, 11) is 1.58. The van der Waals surface area contributed by atoms with Crippen molar-refractivity contribution >= 4 is 33.6 Å². The second kappa shape index (κ2) is 6.44. The van der Waals surface area contributed by atoms with E-state index >= 15 is 0 Å². The number of hydrogen-bond acceptors (Lipinski definition) is 3. The summed E-state index contributed by atoms with van der Waals surface area (Å²) in [5, 5.41) is 11.9. The maximum absolute atomic E-state index is 12.3. The van der Waals surface area contributed by atoms with Crippen molar-refractivity contribution in [2.45, 2.75) is 13.0 Å². The molecule has 2 N–H and O–H groups in total. The largest absolute Gasteiger partial charge is 0.481 e. The number of rotatable bonds is 3. The van der Waals surface area contributed by atoms with Gasteiger partial charge in [0.2, 0.25) is 0 Å². The van der Waals surface area contributed by atoms with Gasteiger partial charge in [-0.1, -0.05) is 15.9 Å². The summed E-state index contributed by atoms with van der Waals surface area (Å²) in [4.78, 5) is 24.8. The van der Waals surface area contributed by atoms with Crippen LogP contribution >= 0.6 is 15.9 Å². The number of carboxylic acid groups (broad SMARTS) is 1. The Morgan fingerprint density at radius 2 is 2.14 bits per heavy atom. The van der Waals surface area contributed by atoms with Crippen LogP contribution < -0.4 is 5.32 Å². The molecule has 1 aromatic carbocycles. The lowest BCUT2D eigenvalue weighted by molar-refractivity contribution is -0.142. The van der Waals surface area contributed by atoms with Gasteiger partial charge in [0.15, 0.2) is 0 Å². The molecule has 2 rings (SSSR count). The molecule has 0 aliphatic carbocycles. The van der Waals surface area contributed by atoms with Crippen molar-refractivity contribution in [1.29, 1.82) is 0 Å². The van der Waals surface area contributed by atoms with Gasteiger partial charge < -0.3 is 20.1 Å². The molecule has 0 aromatic heterocycles. The number of benzene rings is 1. The minimum absolute atomic E-state index is 0.134. The first-order valence-electron chi connectivity index (χ1n) is 6.50. The van der Waals surface area contributed by atoms with Gasteiger partial charge in [0.25, 0.3) is 0 Å². The number of anilines is 1. The van der Waals surface area contributed by atoms with Crippen LogP contribution in [0.15, 0.2) is 22.7 Å². The molecule has 7 heteroatoms. The molecule has 1 saturated heterocycles. The molecule has 21 heavy (non-hydrogen) atoms. The first-order valence-corrected chi connectivity index (χ1v) is 7.30. The Balaban J connectivity index is 2.07. The molecule has 1 fully saturated rings. The van der Waals surface area contributed by atoms with E-state index in [-0.39, 0.29) is 19.2 Å². The zero-order valence-electron chi connectivity index (χ0n) is 11.8. The predicted molar refractivity (Wildman–Crippen MR) is 81.4 cm³/mol. The molecule has 114 valence electrons. The van der Waals surface area contributed by atoms with Gasteiger partial charge in [-0.05, 0) is 30.7 Å². The van der Waals surface area contributed by atoms with E-state index in [4.69, 9.17) is 9.84 Å². The summed E-state index contributed by atoms with van der Waals surface area (Å²) in [5.41, 5.74) is 1.62. The molecule has 1 heterocycles. The van der Waals surface area contributed by atoms with Gasteiger partial charge >= 0.3 is 12.0 Å². The molecule has 0 saturated carbocycles. The molecular formula is C14H17BrN2O4. The number of carbonyl (C=O) groups is 2. The predicted octanol–water partition coefficient (Wildman–Crippen LogP) is 2.32. The van der Waals surface area contributed by atoms with Crippen LogP contribution in [-0.4, -0.2) is 48.3 Å². The second-order valence-corrected chi connectivity index (χ2v) is 5.97. The van der Waals surface area contributed by atoms with Crippen LogP contribution in [0.25, 0.3) is 0 Å². The number of nitrogens with zero attached hydrogens (tertiary/aromatic N) is 1. The Morgan fingerprint density at radius 1 is 1.43 bits per heavy atom. The lowest BCUT2D eigenvalue weighted by Crippen LogP contribution is -2.46. The van der Waals surface area contributed by atoms with Crippen molar-refractivity contribution in [2.75, 3.05) is 25.6 Å². The maximum atomic E-state index is 12.3. The zero-order chi connectivity index (χ0) is 15.6. The van der Waals surface area contributed by atoms with E-state index in [1.165, 1.54) is 4.90 Å². The number of ether oxygens (including phenoxy) is 1. The third kappa shape index (κ3) is 3.54. The van der Waals surface area contributed by atoms with Gasteiger partial charge in [-0.15, -0.1) is 0 Å². The third-order valence-electron chi connectivity index (χ3n) is 3.62. The molecule has 2 unspecified atom stereocenters. The van der Waals surface area contributed by atoms with Gasteiger partial charge in [0.1, 0.15) is 5.92 Å². The molecule has 2 amide bonds.